The molecule has 0 aliphatic carbocycles. The molecule has 0 saturated carbocycles. The SMILES string of the molecule is O=[N+]([O-])c1cc2c(c(S(=O)(=O)Cl)c1Cl)OCO2. The van der Waals surface area contributed by atoms with Crippen LogP contribution in [0.25, 0.3) is 0 Å². The van der Waals surface area contributed by atoms with Crippen molar-refractivity contribution in [3.05, 3.63) is 21.2 Å². The predicted molar refractivity (Wildman–Crippen MR) is 57.3 cm³/mol. The molecule has 1 aliphatic heterocycles. The van der Waals surface area contributed by atoms with E-state index in [0.29, 0.717) is 0 Å². The Kier molecular flexibility index (Phi) is 2.80. The highest BCUT2D eigenvalue weighted by molar-refractivity contribution is 8.14. The summed E-state index contributed by atoms with van der Waals surface area (Å²) in [7, 11) is 0.870. The smallest absolute Gasteiger partial charge is 0.293 e. The lowest BCUT2D eigenvalue weighted by Gasteiger charge is -2.05. The van der Waals surface area contributed by atoms with E-state index < -0.39 is 29.6 Å². The van der Waals surface area contributed by atoms with E-state index in [1.54, 1.807) is 0 Å². The molecule has 2 rings (SSSR count). The number of nitro groups is 1. The summed E-state index contributed by atoms with van der Waals surface area (Å²) in [4.78, 5) is 9.20. The van der Waals surface area contributed by atoms with Gasteiger partial charge < -0.3 is 9.47 Å². The number of hydrogen-bond donors (Lipinski definition) is 0. The van der Waals surface area contributed by atoms with Crippen LogP contribution < -0.4 is 9.47 Å². The van der Waals surface area contributed by atoms with Crippen LogP contribution in [0.2, 0.25) is 5.02 Å². The molecule has 1 aliphatic rings. The van der Waals surface area contributed by atoms with Gasteiger partial charge in [0.2, 0.25) is 6.79 Å². The highest BCUT2D eigenvalue weighted by atomic mass is 35.7. The van der Waals surface area contributed by atoms with Crippen LogP contribution >= 0.6 is 22.3 Å². The van der Waals surface area contributed by atoms with Gasteiger partial charge in [-0.05, 0) is 0 Å². The van der Waals surface area contributed by atoms with E-state index in [-0.39, 0.29) is 18.3 Å². The van der Waals surface area contributed by atoms with Crippen molar-refractivity contribution < 1.29 is 22.8 Å². The minimum absolute atomic E-state index is 0.0830. The average molecular weight is 300 g/mol. The third-order valence-corrected chi connectivity index (χ3v) is 3.82. The maximum absolute atomic E-state index is 11.3. The van der Waals surface area contributed by atoms with Crippen molar-refractivity contribution in [1.82, 2.24) is 0 Å². The molecule has 10 heteroatoms. The van der Waals surface area contributed by atoms with Crippen LogP contribution in [0.1, 0.15) is 0 Å². The van der Waals surface area contributed by atoms with E-state index in [9.17, 15) is 18.5 Å². The molecule has 0 unspecified atom stereocenters. The molecule has 0 saturated heterocycles. The van der Waals surface area contributed by atoms with Gasteiger partial charge in [0.25, 0.3) is 14.7 Å². The van der Waals surface area contributed by atoms with Gasteiger partial charge in [-0.2, -0.15) is 0 Å². The van der Waals surface area contributed by atoms with Crippen molar-refractivity contribution in [3.63, 3.8) is 0 Å². The number of ether oxygens (including phenoxy) is 2. The number of fused-ring (bicyclic) bond motifs is 1. The molecule has 17 heavy (non-hydrogen) atoms. The van der Waals surface area contributed by atoms with E-state index in [1.165, 1.54) is 0 Å². The number of rotatable bonds is 2. The zero-order chi connectivity index (χ0) is 12.8. The second-order valence-corrected chi connectivity index (χ2v) is 5.85. The molecule has 0 atom stereocenters. The molecule has 0 aromatic heterocycles. The first-order chi connectivity index (χ1) is 7.82. The van der Waals surface area contributed by atoms with E-state index >= 15 is 0 Å². The molecule has 0 bridgehead atoms. The van der Waals surface area contributed by atoms with Crippen LogP contribution in [-0.2, 0) is 9.05 Å². The van der Waals surface area contributed by atoms with Crippen LogP contribution in [0.15, 0.2) is 11.0 Å². The standard InChI is InChI=1S/C7H3Cl2NO6S/c8-5-3(10(11)12)1-4-6(16-2-15-4)7(5)17(9,13)14/h1H,2H2. The van der Waals surface area contributed by atoms with Crippen LogP contribution in [0, 0.1) is 10.1 Å². The maximum atomic E-state index is 11.3. The third kappa shape index (κ3) is 1.99. The topological polar surface area (TPSA) is 95.7 Å². The Morgan fingerprint density at radius 3 is 2.59 bits per heavy atom. The minimum atomic E-state index is -4.28. The van der Waals surface area contributed by atoms with Gasteiger partial charge >= 0.3 is 0 Å². The summed E-state index contributed by atoms with van der Waals surface area (Å²) >= 11 is 5.63. The van der Waals surface area contributed by atoms with Gasteiger partial charge in [-0.3, -0.25) is 10.1 Å². The lowest BCUT2D eigenvalue weighted by Crippen LogP contribution is -1.99. The number of halogens is 2. The summed E-state index contributed by atoms with van der Waals surface area (Å²) in [5.41, 5.74) is -0.616. The van der Waals surface area contributed by atoms with Gasteiger partial charge in [-0.25, -0.2) is 8.42 Å². The average Bonchev–Trinajstić information content (AvgIpc) is 2.60. The Labute approximate surface area is 104 Å². The van der Waals surface area contributed by atoms with Gasteiger partial charge in [0.1, 0.15) is 5.02 Å². The van der Waals surface area contributed by atoms with Gasteiger partial charge in [0.15, 0.2) is 16.4 Å². The number of hydrogen-bond acceptors (Lipinski definition) is 6. The first-order valence-electron chi connectivity index (χ1n) is 4.03. The largest absolute Gasteiger partial charge is 0.453 e. The lowest BCUT2D eigenvalue weighted by molar-refractivity contribution is -0.385. The Morgan fingerprint density at radius 1 is 1.41 bits per heavy atom. The fraction of sp³-hybridized carbons (Fsp3) is 0.143. The van der Waals surface area contributed by atoms with Crippen LogP contribution in [0.5, 0.6) is 11.5 Å². The van der Waals surface area contributed by atoms with E-state index in [1.807, 2.05) is 0 Å². The summed E-state index contributed by atoms with van der Waals surface area (Å²) in [6.45, 7) is -0.258. The zero-order valence-electron chi connectivity index (χ0n) is 7.85. The molecule has 1 heterocycles. The molecule has 0 fully saturated rings. The summed E-state index contributed by atoms with van der Waals surface area (Å²) < 4.78 is 32.4. The highest BCUT2D eigenvalue weighted by Crippen LogP contribution is 2.47. The van der Waals surface area contributed by atoms with Crippen LogP contribution in [-0.4, -0.2) is 20.1 Å². The van der Waals surface area contributed by atoms with Crippen molar-refractivity contribution >= 4 is 37.0 Å². The minimum Gasteiger partial charge on any atom is -0.453 e. The van der Waals surface area contributed by atoms with E-state index in [0.717, 1.165) is 6.07 Å². The highest BCUT2D eigenvalue weighted by Gasteiger charge is 2.34. The maximum Gasteiger partial charge on any atom is 0.293 e. The normalized spacial score (nSPS) is 13.8. The number of nitrogens with zero attached hydrogens (tertiary/aromatic N) is 1. The van der Waals surface area contributed by atoms with Gasteiger partial charge in [0, 0.05) is 10.7 Å². The molecule has 92 valence electrons. The zero-order valence-corrected chi connectivity index (χ0v) is 10.2. The molecule has 0 spiro atoms. The number of benzene rings is 1. The quantitative estimate of drug-likeness (QED) is 0.470. The van der Waals surface area contributed by atoms with E-state index in [2.05, 4.69) is 0 Å². The fourth-order valence-corrected chi connectivity index (χ4v) is 3.10. The summed E-state index contributed by atoms with van der Waals surface area (Å²) in [5, 5.41) is 10.1. The Balaban J connectivity index is 2.85. The monoisotopic (exact) mass is 299 g/mol. The Bertz CT molecular complexity index is 613. The van der Waals surface area contributed by atoms with Crippen molar-refractivity contribution in [2.45, 2.75) is 4.90 Å². The van der Waals surface area contributed by atoms with Crippen LogP contribution in [0.4, 0.5) is 5.69 Å². The van der Waals surface area contributed by atoms with Gasteiger partial charge in [-0.15, -0.1) is 0 Å². The first-order valence-corrected chi connectivity index (χ1v) is 6.72. The molecule has 1 aromatic rings. The second kappa shape index (κ2) is 3.90. The summed E-state index contributed by atoms with van der Waals surface area (Å²) in [5.74, 6) is -0.295. The molecule has 0 N–H and O–H groups in total. The Morgan fingerprint density at radius 2 is 2.06 bits per heavy atom. The van der Waals surface area contributed by atoms with Gasteiger partial charge in [-0.1, -0.05) is 11.6 Å². The predicted octanol–water partition coefficient (Wildman–Crippen LogP) is 1.90. The van der Waals surface area contributed by atoms with Crippen molar-refractivity contribution in [1.29, 1.82) is 0 Å². The Hall–Kier alpha value is -1.25. The summed E-state index contributed by atoms with van der Waals surface area (Å²) in [6.07, 6.45) is 0. The van der Waals surface area contributed by atoms with Crippen LogP contribution in [0.3, 0.4) is 0 Å². The molecule has 0 amide bonds. The second-order valence-electron chi connectivity index (χ2n) is 2.97. The first kappa shape index (κ1) is 12.2. The molecule has 0 radical (unpaired) electrons. The lowest BCUT2D eigenvalue weighted by atomic mass is 10.3. The molecular weight excluding hydrogens is 297 g/mol. The summed E-state index contributed by atoms with van der Waals surface area (Å²) in [6, 6.07) is 0.982. The van der Waals surface area contributed by atoms with E-state index in [4.69, 9.17) is 31.8 Å². The fourth-order valence-electron chi connectivity index (χ4n) is 1.33. The van der Waals surface area contributed by atoms with Gasteiger partial charge in [0.05, 0.1) is 11.0 Å². The van der Waals surface area contributed by atoms with Crippen molar-refractivity contribution in [3.8, 4) is 11.5 Å². The number of nitro benzene ring substituents is 1. The third-order valence-electron chi connectivity index (χ3n) is 1.98. The van der Waals surface area contributed by atoms with Crippen molar-refractivity contribution in [2.75, 3.05) is 6.79 Å². The molecule has 7 nitrogen and oxygen atoms in total. The molecular formula is C7H3Cl2NO6S. The molecule has 1 aromatic carbocycles. The van der Waals surface area contributed by atoms with Crippen molar-refractivity contribution in [2.24, 2.45) is 0 Å².